The zero-order chi connectivity index (χ0) is 14.9. The first-order valence-corrected chi connectivity index (χ1v) is 7.50. The molecule has 0 bridgehead atoms. The fourth-order valence-corrected chi connectivity index (χ4v) is 2.84. The van der Waals surface area contributed by atoms with Gasteiger partial charge in [-0.1, -0.05) is 0 Å². The summed E-state index contributed by atoms with van der Waals surface area (Å²) in [6.07, 6.45) is 0.967. The second-order valence-electron chi connectivity index (χ2n) is 4.70. The number of hydrogen-bond acceptors (Lipinski definition) is 4. The van der Waals surface area contributed by atoms with E-state index in [0.29, 0.717) is 0 Å². The van der Waals surface area contributed by atoms with Crippen LogP contribution in [0.5, 0.6) is 0 Å². The van der Waals surface area contributed by atoms with Crippen LogP contribution in [0.25, 0.3) is 0 Å². The maximum Gasteiger partial charge on any atom is 0.338 e. The minimum atomic E-state index is -3.97. The number of aromatic carboxylic acids is 1. The van der Waals surface area contributed by atoms with E-state index >= 15 is 0 Å². The molecule has 0 amide bonds. The average molecular weight is 303 g/mol. The lowest BCUT2D eigenvalue weighted by molar-refractivity contribution is 0.0691. The average Bonchev–Trinajstić information content (AvgIpc) is 3.20. The van der Waals surface area contributed by atoms with Crippen molar-refractivity contribution >= 4 is 16.0 Å². The first kappa shape index (κ1) is 14.9. The number of aliphatic hydroxyl groups excluding tert-OH is 1. The highest BCUT2D eigenvalue weighted by Gasteiger charge is 2.30. The standard InChI is InChI=1S/C12H14FNO5S/c13-10-4-3-8(5-9(10)12(16)17)20(18,19)14-6-11(15)7-1-2-7/h3-5,7,11,14-15H,1-2,6H2,(H,16,17). The molecule has 3 N–H and O–H groups in total. The van der Waals surface area contributed by atoms with Crippen LogP contribution in [0.4, 0.5) is 4.39 Å². The Morgan fingerprint density at radius 3 is 2.65 bits per heavy atom. The number of carboxylic acid groups (broad SMARTS) is 1. The summed E-state index contributed by atoms with van der Waals surface area (Å²) in [5, 5.41) is 18.4. The van der Waals surface area contributed by atoms with Gasteiger partial charge in [0.25, 0.3) is 0 Å². The van der Waals surface area contributed by atoms with Gasteiger partial charge in [-0.2, -0.15) is 0 Å². The van der Waals surface area contributed by atoms with Gasteiger partial charge in [0, 0.05) is 6.54 Å². The normalized spacial score (nSPS) is 16.9. The lowest BCUT2D eigenvalue weighted by atomic mass is 10.2. The van der Waals surface area contributed by atoms with Gasteiger partial charge in [0.1, 0.15) is 5.82 Å². The van der Waals surface area contributed by atoms with E-state index in [2.05, 4.69) is 4.72 Å². The molecule has 8 heteroatoms. The molecule has 1 aromatic carbocycles. The van der Waals surface area contributed by atoms with Crippen LogP contribution in [0.15, 0.2) is 23.1 Å². The largest absolute Gasteiger partial charge is 0.478 e. The van der Waals surface area contributed by atoms with E-state index in [4.69, 9.17) is 5.11 Å². The Labute approximate surface area is 115 Å². The Hall–Kier alpha value is -1.51. The van der Waals surface area contributed by atoms with Crippen molar-refractivity contribution < 1.29 is 27.8 Å². The van der Waals surface area contributed by atoms with Gasteiger partial charge in [-0.05, 0) is 37.0 Å². The smallest absolute Gasteiger partial charge is 0.338 e. The first-order chi connectivity index (χ1) is 9.31. The van der Waals surface area contributed by atoms with Crippen molar-refractivity contribution in [1.29, 1.82) is 0 Å². The Kier molecular flexibility index (Phi) is 4.07. The van der Waals surface area contributed by atoms with Crippen LogP contribution in [-0.4, -0.2) is 37.2 Å². The van der Waals surface area contributed by atoms with Crippen LogP contribution < -0.4 is 4.72 Å². The van der Waals surface area contributed by atoms with Gasteiger partial charge in [-0.15, -0.1) is 0 Å². The molecule has 110 valence electrons. The molecule has 0 radical (unpaired) electrons. The third-order valence-electron chi connectivity index (χ3n) is 3.13. The molecule has 0 heterocycles. The summed E-state index contributed by atoms with van der Waals surface area (Å²) in [5.74, 6) is -2.44. The molecular formula is C12H14FNO5S. The van der Waals surface area contributed by atoms with Crippen LogP contribution in [0, 0.1) is 11.7 Å². The van der Waals surface area contributed by atoms with Gasteiger partial charge in [0.05, 0.1) is 16.6 Å². The number of sulfonamides is 1. The monoisotopic (exact) mass is 303 g/mol. The maximum atomic E-state index is 13.2. The molecule has 2 rings (SSSR count). The number of rotatable bonds is 6. The van der Waals surface area contributed by atoms with E-state index in [0.717, 1.165) is 31.0 Å². The van der Waals surface area contributed by atoms with Crippen molar-refractivity contribution in [3.63, 3.8) is 0 Å². The van der Waals surface area contributed by atoms with Crippen molar-refractivity contribution in [2.75, 3.05) is 6.54 Å². The molecule has 1 atom stereocenters. The molecule has 20 heavy (non-hydrogen) atoms. The van der Waals surface area contributed by atoms with E-state index in [1.54, 1.807) is 0 Å². The summed E-state index contributed by atoms with van der Waals surface area (Å²) in [5.41, 5.74) is -0.712. The molecule has 1 saturated carbocycles. The van der Waals surface area contributed by atoms with E-state index in [1.165, 1.54) is 0 Å². The number of halogens is 1. The number of carboxylic acids is 1. The number of aliphatic hydroxyl groups is 1. The molecule has 1 aromatic rings. The fourth-order valence-electron chi connectivity index (χ4n) is 1.76. The van der Waals surface area contributed by atoms with Crippen molar-refractivity contribution in [2.24, 2.45) is 5.92 Å². The minimum Gasteiger partial charge on any atom is -0.478 e. The maximum absolute atomic E-state index is 13.2. The predicted molar refractivity (Wildman–Crippen MR) is 67.3 cm³/mol. The highest BCUT2D eigenvalue weighted by molar-refractivity contribution is 7.89. The lowest BCUT2D eigenvalue weighted by Crippen LogP contribution is -2.33. The highest BCUT2D eigenvalue weighted by atomic mass is 32.2. The number of nitrogens with one attached hydrogen (secondary N) is 1. The first-order valence-electron chi connectivity index (χ1n) is 6.02. The minimum absolute atomic E-state index is 0.112. The number of hydrogen-bond donors (Lipinski definition) is 3. The van der Waals surface area contributed by atoms with Crippen molar-refractivity contribution in [3.05, 3.63) is 29.6 Å². The summed E-state index contributed by atoms with van der Waals surface area (Å²) in [7, 11) is -3.97. The summed E-state index contributed by atoms with van der Waals surface area (Å²) in [6, 6.07) is 2.52. The lowest BCUT2D eigenvalue weighted by Gasteiger charge is -2.11. The third-order valence-corrected chi connectivity index (χ3v) is 4.55. The summed E-state index contributed by atoms with van der Waals surface area (Å²) < 4.78 is 39.2. The SMILES string of the molecule is O=C(O)c1cc(S(=O)(=O)NCC(O)C2CC2)ccc1F. The Balaban J connectivity index is 2.16. The van der Waals surface area contributed by atoms with Crippen LogP contribution in [0.2, 0.25) is 0 Å². The Morgan fingerprint density at radius 2 is 2.10 bits per heavy atom. The topological polar surface area (TPSA) is 104 Å². The zero-order valence-electron chi connectivity index (χ0n) is 10.4. The summed E-state index contributed by atoms with van der Waals surface area (Å²) in [4.78, 5) is 10.4. The number of benzene rings is 1. The molecule has 0 aromatic heterocycles. The second-order valence-corrected chi connectivity index (χ2v) is 6.47. The number of carbonyl (C=O) groups is 1. The molecule has 0 aliphatic heterocycles. The molecule has 6 nitrogen and oxygen atoms in total. The Bertz CT molecular complexity index is 627. The van der Waals surface area contributed by atoms with E-state index < -0.39 is 33.5 Å². The van der Waals surface area contributed by atoms with Gasteiger partial charge >= 0.3 is 5.97 Å². The molecule has 0 saturated heterocycles. The van der Waals surface area contributed by atoms with Crippen LogP contribution in [0.3, 0.4) is 0 Å². The van der Waals surface area contributed by atoms with Crippen molar-refractivity contribution in [3.8, 4) is 0 Å². The molecule has 1 fully saturated rings. The van der Waals surface area contributed by atoms with Crippen molar-refractivity contribution in [2.45, 2.75) is 23.8 Å². The second kappa shape index (κ2) is 5.47. The van der Waals surface area contributed by atoms with E-state index in [-0.39, 0.29) is 17.4 Å². The third kappa shape index (κ3) is 3.33. The van der Waals surface area contributed by atoms with Crippen LogP contribution in [0.1, 0.15) is 23.2 Å². The Morgan fingerprint density at radius 1 is 1.45 bits per heavy atom. The molecule has 0 spiro atoms. The highest BCUT2D eigenvalue weighted by Crippen LogP contribution is 2.32. The van der Waals surface area contributed by atoms with Gasteiger partial charge in [0.15, 0.2) is 0 Å². The van der Waals surface area contributed by atoms with E-state index in [9.17, 15) is 22.7 Å². The molecule has 1 aliphatic rings. The summed E-state index contributed by atoms with van der Waals surface area (Å²) >= 11 is 0. The van der Waals surface area contributed by atoms with Crippen LogP contribution >= 0.6 is 0 Å². The molecular weight excluding hydrogens is 289 g/mol. The quantitative estimate of drug-likeness (QED) is 0.713. The van der Waals surface area contributed by atoms with Gasteiger partial charge < -0.3 is 10.2 Å². The summed E-state index contributed by atoms with van der Waals surface area (Å²) in [6.45, 7) is -0.146. The van der Waals surface area contributed by atoms with Gasteiger partial charge in [-0.25, -0.2) is 22.3 Å². The molecule has 1 aliphatic carbocycles. The van der Waals surface area contributed by atoms with Crippen molar-refractivity contribution in [1.82, 2.24) is 4.72 Å². The van der Waals surface area contributed by atoms with E-state index in [1.807, 2.05) is 0 Å². The molecule has 1 unspecified atom stereocenters. The van der Waals surface area contributed by atoms with Gasteiger partial charge in [0.2, 0.25) is 10.0 Å². The predicted octanol–water partition coefficient (Wildman–Crippen LogP) is 0.573. The fraction of sp³-hybridized carbons (Fsp3) is 0.417. The zero-order valence-corrected chi connectivity index (χ0v) is 11.2. The van der Waals surface area contributed by atoms with Gasteiger partial charge in [-0.3, -0.25) is 0 Å². The van der Waals surface area contributed by atoms with Crippen LogP contribution in [-0.2, 0) is 10.0 Å².